The lowest BCUT2D eigenvalue weighted by atomic mass is 10.1. The van der Waals surface area contributed by atoms with Crippen molar-refractivity contribution in [2.45, 2.75) is 25.9 Å². The zero-order chi connectivity index (χ0) is 16.4. The van der Waals surface area contributed by atoms with E-state index in [0.717, 1.165) is 29.8 Å². The van der Waals surface area contributed by atoms with Crippen LogP contribution in [0, 0.1) is 0 Å². The number of aryl methyl sites for hydroxylation is 2. The van der Waals surface area contributed by atoms with E-state index in [0.29, 0.717) is 12.1 Å². The molecule has 1 aromatic heterocycles. The summed E-state index contributed by atoms with van der Waals surface area (Å²) in [6.07, 6.45) is 4.38. The third-order valence-electron chi connectivity index (χ3n) is 4.37. The topological polar surface area (TPSA) is 46.9 Å². The predicted molar refractivity (Wildman–Crippen MR) is 93.6 cm³/mol. The first-order chi connectivity index (χ1) is 11.8. The first kappa shape index (κ1) is 14.7. The van der Waals surface area contributed by atoms with Crippen molar-refractivity contribution in [1.82, 2.24) is 14.9 Å². The highest BCUT2D eigenvalue weighted by Crippen LogP contribution is 2.23. The number of rotatable bonds is 4. The Balaban J connectivity index is 1.47. The molecule has 0 bridgehead atoms. The van der Waals surface area contributed by atoms with Crippen molar-refractivity contribution in [3.63, 3.8) is 0 Å². The quantitative estimate of drug-likeness (QED) is 0.801. The van der Waals surface area contributed by atoms with Crippen LogP contribution in [0.2, 0.25) is 0 Å². The standard InChI is InChI=1S/C20H19N3O/c24-20(16-7-2-1-3-8-16)21-13-15-6-4-9-17(12-15)18-14-23-11-5-10-19(23)22-18/h1-4,6-9,12,14H,5,10-11,13H2,(H,21,24). The van der Waals surface area contributed by atoms with E-state index >= 15 is 0 Å². The highest BCUT2D eigenvalue weighted by molar-refractivity contribution is 5.94. The molecule has 1 N–H and O–H groups in total. The first-order valence-electron chi connectivity index (χ1n) is 8.28. The first-order valence-corrected chi connectivity index (χ1v) is 8.28. The fourth-order valence-electron chi connectivity index (χ4n) is 3.11. The zero-order valence-electron chi connectivity index (χ0n) is 13.4. The van der Waals surface area contributed by atoms with Crippen LogP contribution in [0.25, 0.3) is 11.3 Å². The molecule has 1 aliphatic rings. The van der Waals surface area contributed by atoms with Gasteiger partial charge in [-0.25, -0.2) is 4.98 Å². The van der Waals surface area contributed by atoms with Gasteiger partial charge >= 0.3 is 0 Å². The molecule has 2 aromatic carbocycles. The second kappa shape index (κ2) is 6.32. The lowest BCUT2D eigenvalue weighted by molar-refractivity contribution is 0.0951. The lowest BCUT2D eigenvalue weighted by Gasteiger charge is -2.07. The number of benzene rings is 2. The van der Waals surface area contributed by atoms with Crippen LogP contribution < -0.4 is 5.32 Å². The van der Waals surface area contributed by atoms with Crippen LogP contribution in [0.5, 0.6) is 0 Å². The second-order valence-electron chi connectivity index (χ2n) is 6.09. The Hall–Kier alpha value is -2.88. The van der Waals surface area contributed by atoms with E-state index in [1.165, 1.54) is 12.2 Å². The van der Waals surface area contributed by atoms with Gasteiger partial charge in [0.15, 0.2) is 0 Å². The van der Waals surface area contributed by atoms with E-state index in [4.69, 9.17) is 4.98 Å². The van der Waals surface area contributed by atoms with Crippen LogP contribution in [0.15, 0.2) is 60.8 Å². The van der Waals surface area contributed by atoms with Crippen LogP contribution in [0.1, 0.15) is 28.2 Å². The largest absolute Gasteiger partial charge is 0.348 e. The van der Waals surface area contributed by atoms with Crippen molar-refractivity contribution in [2.75, 3.05) is 0 Å². The summed E-state index contributed by atoms with van der Waals surface area (Å²) in [5, 5.41) is 2.97. The van der Waals surface area contributed by atoms with Gasteiger partial charge in [0.2, 0.25) is 0 Å². The summed E-state index contributed by atoms with van der Waals surface area (Å²) in [7, 11) is 0. The molecular weight excluding hydrogens is 298 g/mol. The molecule has 0 saturated heterocycles. The number of carbonyl (C=O) groups is 1. The van der Waals surface area contributed by atoms with Gasteiger partial charge in [-0.05, 0) is 30.2 Å². The SMILES string of the molecule is O=C(NCc1cccc(-c2cn3c(n2)CCC3)c1)c1ccccc1. The highest BCUT2D eigenvalue weighted by atomic mass is 16.1. The van der Waals surface area contributed by atoms with Crippen molar-refractivity contribution in [1.29, 1.82) is 0 Å². The average Bonchev–Trinajstić information content (AvgIpc) is 3.23. The van der Waals surface area contributed by atoms with Crippen LogP contribution in [-0.4, -0.2) is 15.5 Å². The van der Waals surface area contributed by atoms with E-state index in [1.54, 1.807) is 0 Å². The summed E-state index contributed by atoms with van der Waals surface area (Å²) in [4.78, 5) is 16.9. The number of amides is 1. The van der Waals surface area contributed by atoms with Gasteiger partial charge in [0.05, 0.1) is 5.69 Å². The van der Waals surface area contributed by atoms with E-state index in [9.17, 15) is 4.79 Å². The second-order valence-corrected chi connectivity index (χ2v) is 6.09. The number of imidazole rings is 1. The fourth-order valence-corrected chi connectivity index (χ4v) is 3.11. The van der Waals surface area contributed by atoms with Crippen LogP contribution in [0.3, 0.4) is 0 Å². The van der Waals surface area contributed by atoms with Gasteiger partial charge in [0.25, 0.3) is 5.91 Å². The molecule has 4 nitrogen and oxygen atoms in total. The van der Waals surface area contributed by atoms with E-state index in [2.05, 4.69) is 28.2 Å². The summed E-state index contributed by atoms with van der Waals surface area (Å²) < 4.78 is 2.24. The Morgan fingerprint density at radius 3 is 2.83 bits per heavy atom. The van der Waals surface area contributed by atoms with Crippen LogP contribution in [0.4, 0.5) is 0 Å². The fraction of sp³-hybridized carbons (Fsp3) is 0.200. The Bertz CT molecular complexity index is 846. The molecule has 0 atom stereocenters. The Morgan fingerprint density at radius 2 is 2.00 bits per heavy atom. The summed E-state index contributed by atoms with van der Waals surface area (Å²) in [5.41, 5.74) is 3.87. The van der Waals surface area contributed by atoms with Gasteiger partial charge in [-0.3, -0.25) is 4.79 Å². The van der Waals surface area contributed by atoms with Gasteiger partial charge in [-0.15, -0.1) is 0 Å². The van der Waals surface area contributed by atoms with Gasteiger partial charge < -0.3 is 9.88 Å². The van der Waals surface area contributed by atoms with Gasteiger partial charge in [0.1, 0.15) is 5.82 Å². The molecular formula is C20H19N3O. The molecule has 1 amide bonds. The minimum atomic E-state index is -0.0537. The maximum absolute atomic E-state index is 12.1. The molecule has 4 heteroatoms. The minimum Gasteiger partial charge on any atom is -0.348 e. The van der Waals surface area contributed by atoms with E-state index in [1.807, 2.05) is 42.5 Å². The minimum absolute atomic E-state index is 0.0537. The predicted octanol–water partition coefficient (Wildman–Crippen LogP) is 3.43. The Kier molecular flexibility index (Phi) is 3.87. The molecule has 0 fully saturated rings. The van der Waals surface area contributed by atoms with Crippen LogP contribution in [-0.2, 0) is 19.5 Å². The summed E-state index contributed by atoms with van der Waals surface area (Å²) >= 11 is 0. The molecule has 0 spiro atoms. The maximum atomic E-state index is 12.1. The van der Waals surface area contributed by atoms with Crippen molar-refractivity contribution in [2.24, 2.45) is 0 Å². The average molecular weight is 317 g/mol. The van der Waals surface area contributed by atoms with Crippen molar-refractivity contribution in [3.05, 3.63) is 77.7 Å². The lowest BCUT2D eigenvalue weighted by Crippen LogP contribution is -2.22. The number of nitrogens with zero attached hydrogens (tertiary/aromatic N) is 2. The summed E-state index contributed by atoms with van der Waals surface area (Å²) in [6, 6.07) is 17.5. The molecule has 1 aliphatic heterocycles. The Labute approximate surface area is 141 Å². The molecule has 0 saturated carbocycles. The van der Waals surface area contributed by atoms with Crippen molar-refractivity contribution < 1.29 is 4.79 Å². The molecule has 0 unspecified atom stereocenters. The molecule has 3 aromatic rings. The monoisotopic (exact) mass is 317 g/mol. The molecule has 0 aliphatic carbocycles. The molecule has 24 heavy (non-hydrogen) atoms. The summed E-state index contributed by atoms with van der Waals surface area (Å²) in [6.45, 7) is 1.57. The van der Waals surface area contributed by atoms with Crippen molar-refractivity contribution in [3.8, 4) is 11.3 Å². The third kappa shape index (κ3) is 2.95. The zero-order valence-corrected chi connectivity index (χ0v) is 13.4. The molecule has 0 radical (unpaired) electrons. The number of carbonyl (C=O) groups excluding carboxylic acids is 1. The number of hydrogen-bond acceptors (Lipinski definition) is 2. The van der Waals surface area contributed by atoms with Crippen molar-refractivity contribution >= 4 is 5.91 Å². The van der Waals surface area contributed by atoms with E-state index in [-0.39, 0.29) is 5.91 Å². The van der Waals surface area contributed by atoms with E-state index < -0.39 is 0 Å². The van der Waals surface area contributed by atoms with Gasteiger partial charge in [-0.2, -0.15) is 0 Å². The molecule has 2 heterocycles. The van der Waals surface area contributed by atoms with Crippen LogP contribution >= 0.6 is 0 Å². The van der Waals surface area contributed by atoms with Gasteiger partial charge in [0, 0.05) is 36.8 Å². The third-order valence-corrected chi connectivity index (χ3v) is 4.37. The maximum Gasteiger partial charge on any atom is 0.251 e. The molecule has 120 valence electrons. The number of fused-ring (bicyclic) bond motifs is 1. The number of hydrogen-bond donors (Lipinski definition) is 1. The molecule has 4 rings (SSSR count). The highest BCUT2D eigenvalue weighted by Gasteiger charge is 2.14. The number of aromatic nitrogens is 2. The Morgan fingerprint density at radius 1 is 1.12 bits per heavy atom. The smallest absolute Gasteiger partial charge is 0.251 e. The van der Waals surface area contributed by atoms with Gasteiger partial charge in [-0.1, -0.05) is 36.4 Å². The normalized spacial score (nSPS) is 12.8. The summed E-state index contributed by atoms with van der Waals surface area (Å²) in [5.74, 6) is 1.12. The number of nitrogens with one attached hydrogen (secondary N) is 1.